The molecule has 1 saturated carbocycles. The highest BCUT2D eigenvalue weighted by atomic mass is 14.4. The Morgan fingerprint density at radius 2 is 1.92 bits per heavy atom. The molecule has 0 heteroatoms. The van der Waals surface area contributed by atoms with Crippen molar-refractivity contribution in [2.75, 3.05) is 0 Å². The largest absolute Gasteiger partial charge is 0.0839 e. The van der Waals surface area contributed by atoms with Gasteiger partial charge in [-0.05, 0) is 30.1 Å². The van der Waals surface area contributed by atoms with Crippen LogP contribution in [0.4, 0.5) is 0 Å². The average molecular weight is 162 g/mol. The summed E-state index contributed by atoms with van der Waals surface area (Å²) in [5.41, 5.74) is 1.71. The summed E-state index contributed by atoms with van der Waals surface area (Å²) in [6, 6.07) is 0. The third-order valence-electron chi connectivity index (χ3n) is 4.02. The summed E-state index contributed by atoms with van der Waals surface area (Å²) in [7, 11) is 0. The van der Waals surface area contributed by atoms with E-state index in [1.54, 1.807) is 5.57 Å². The van der Waals surface area contributed by atoms with Crippen molar-refractivity contribution in [3.05, 3.63) is 23.8 Å². The fourth-order valence-electron chi connectivity index (χ4n) is 2.80. The molecule has 12 heavy (non-hydrogen) atoms. The Hall–Kier alpha value is -0.520. The minimum Gasteiger partial charge on any atom is -0.0839 e. The second kappa shape index (κ2) is 2.76. The summed E-state index contributed by atoms with van der Waals surface area (Å²) in [4.78, 5) is 0. The van der Waals surface area contributed by atoms with E-state index in [4.69, 9.17) is 0 Å². The van der Waals surface area contributed by atoms with Gasteiger partial charge in [0.2, 0.25) is 0 Å². The molecule has 0 heterocycles. The second-order valence-electron chi connectivity index (χ2n) is 4.44. The minimum atomic E-state index is 0.815. The van der Waals surface area contributed by atoms with Crippen LogP contribution in [0.3, 0.4) is 0 Å². The lowest BCUT2D eigenvalue weighted by Crippen LogP contribution is -2.10. The number of fused-ring (bicyclic) bond motifs is 1. The lowest BCUT2D eigenvalue weighted by molar-refractivity contribution is 0.341. The number of rotatable bonds is 0. The third-order valence-corrected chi connectivity index (χ3v) is 4.02. The zero-order valence-electron chi connectivity index (χ0n) is 8.25. The van der Waals surface area contributed by atoms with E-state index in [9.17, 15) is 0 Å². The van der Waals surface area contributed by atoms with Crippen molar-refractivity contribution in [1.82, 2.24) is 0 Å². The first-order valence-electron chi connectivity index (χ1n) is 5.08. The van der Waals surface area contributed by atoms with Crippen LogP contribution in [-0.2, 0) is 0 Å². The lowest BCUT2D eigenvalue weighted by atomic mass is 9.87. The summed E-state index contributed by atoms with van der Waals surface area (Å²) in [6.07, 6.45) is 8.17. The fourth-order valence-corrected chi connectivity index (χ4v) is 2.80. The first kappa shape index (κ1) is 8.10. The molecule has 0 N–H and O–H groups in total. The normalized spacial score (nSPS) is 45.8. The van der Waals surface area contributed by atoms with Crippen molar-refractivity contribution < 1.29 is 0 Å². The predicted octanol–water partition coefficient (Wildman–Crippen LogP) is 3.41. The maximum Gasteiger partial charge on any atom is -0.0134 e. The van der Waals surface area contributed by atoms with E-state index in [0.29, 0.717) is 0 Å². The Morgan fingerprint density at radius 1 is 1.17 bits per heavy atom. The van der Waals surface area contributed by atoms with Crippen LogP contribution in [0.15, 0.2) is 23.8 Å². The SMILES string of the molecule is CC1C2=CC=CCC2C(C)C1C. The summed E-state index contributed by atoms with van der Waals surface area (Å²) in [5.74, 6) is 3.44. The molecule has 4 atom stereocenters. The van der Waals surface area contributed by atoms with Crippen LogP contribution >= 0.6 is 0 Å². The van der Waals surface area contributed by atoms with Crippen LogP contribution in [-0.4, -0.2) is 0 Å². The summed E-state index contributed by atoms with van der Waals surface area (Å²) in [5, 5.41) is 0. The maximum atomic E-state index is 2.41. The first-order valence-corrected chi connectivity index (χ1v) is 5.08. The van der Waals surface area contributed by atoms with Crippen molar-refractivity contribution in [2.24, 2.45) is 23.7 Å². The van der Waals surface area contributed by atoms with E-state index in [1.807, 2.05) is 0 Å². The highest BCUT2D eigenvalue weighted by Crippen LogP contribution is 2.47. The number of hydrogen-bond donors (Lipinski definition) is 0. The Labute approximate surface area is 75.4 Å². The molecule has 0 bridgehead atoms. The first-order chi connectivity index (χ1) is 5.72. The molecule has 0 aliphatic heterocycles. The van der Waals surface area contributed by atoms with Gasteiger partial charge in [0.25, 0.3) is 0 Å². The van der Waals surface area contributed by atoms with E-state index in [1.165, 1.54) is 6.42 Å². The van der Waals surface area contributed by atoms with Crippen LogP contribution in [0.5, 0.6) is 0 Å². The van der Waals surface area contributed by atoms with Gasteiger partial charge >= 0.3 is 0 Å². The highest BCUT2D eigenvalue weighted by Gasteiger charge is 2.38. The molecule has 0 aromatic heterocycles. The van der Waals surface area contributed by atoms with Crippen LogP contribution in [0.1, 0.15) is 27.2 Å². The smallest absolute Gasteiger partial charge is 0.0134 e. The third kappa shape index (κ3) is 0.972. The molecule has 2 aliphatic rings. The number of hydrogen-bond acceptors (Lipinski definition) is 0. The van der Waals surface area contributed by atoms with Crippen molar-refractivity contribution in [3.8, 4) is 0 Å². The molecule has 0 aromatic rings. The maximum absolute atomic E-state index is 2.41. The van der Waals surface area contributed by atoms with Gasteiger partial charge < -0.3 is 0 Å². The molecule has 0 aromatic carbocycles. The van der Waals surface area contributed by atoms with Crippen molar-refractivity contribution in [2.45, 2.75) is 27.2 Å². The van der Waals surface area contributed by atoms with Gasteiger partial charge in [0.1, 0.15) is 0 Å². The highest BCUT2D eigenvalue weighted by molar-refractivity contribution is 5.27. The standard InChI is InChI=1S/C12H18/c1-8-9(2)11-6-4-5-7-12(11)10(8)3/h4-6,8-10,12H,7H2,1-3H3. The van der Waals surface area contributed by atoms with E-state index >= 15 is 0 Å². The average Bonchev–Trinajstić information content (AvgIpc) is 2.33. The molecule has 66 valence electrons. The van der Waals surface area contributed by atoms with Gasteiger partial charge in [-0.2, -0.15) is 0 Å². The van der Waals surface area contributed by atoms with E-state index < -0.39 is 0 Å². The van der Waals surface area contributed by atoms with E-state index in [0.717, 1.165) is 23.7 Å². The molecule has 0 amide bonds. The molecule has 0 spiro atoms. The Kier molecular flexibility index (Phi) is 1.86. The van der Waals surface area contributed by atoms with Crippen LogP contribution in [0.2, 0.25) is 0 Å². The van der Waals surface area contributed by atoms with E-state index in [2.05, 4.69) is 39.0 Å². The topological polar surface area (TPSA) is 0 Å². The molecular formula is C12H18. The van der Waals surface area contributed by atoms with Gasteiger partial charge in [0, 0.05) is 0 Å². The second-order valence-corrected chi connectivity index (χ2v) is 4.44. The zero-order valence-corrected chi connectivity index (χ0v) is 8.25. The molecule has 1 fully saturated rings. The summed E-state index contributed by atoms with van der Waals surface area (Å²) in [6.45, 7) is 7.19. The molecular weight excluding hydrogens is 144 g/mol. The summed E-state index contributed by atoms with van der Waals surface area (Å²) < 4.78 is 0. The minimum absolute atomic E-state index is 0.815. The molecule has 0 nitrogen and oxygen atoms in total. The van der Waals surface area contributed by atoms with E-state index in [-0.39, 0.29) is 0 Å². The summed E-state index contributed by atoms with van der Waals surface area (Å²) >= 11 is 0. The monoisotopic (exact) mass is 162 g/mol. The van der Waals surface area contributed by atoms with Crippen LogP contribution in [0.25, 0.3) is 0 Å². The Morgan fingerprint density at radius 3 is 2.58 bits per heavy atom. The molecule has 2 rings (SSSR count). The number of allylic oxidation sites excluding steroid dienone is 4. The molecule has 0 radical (unpaired) electrons. The van der Waals surface area contributed by atoms with Gasteiger partial charge in [-0.25, -0.2) is 0 Å². The molecule has 2 aliphatic carbocycles. The lowest BCUT2D eigenvalue weighted by Gasteiger charge is -2.18. The van der Waals surface area contributed by atoms with Crippen LogP contribution < -0.4 is 0 Å². The van der Waals surface area contributed by atoms with Crippen molar-refractivity contribution in [3.63, 3.8) is 0 Å². The zero-order chi connectivity index (χ0) is 8.72. The van der Waals surface area contributed by atoms with Crippen LogP contribution in [0, 0.1) is 23.7 Å². The van der Waals surface area contributed by atoms with Gasteiger partial charge in [-0.15, -0.1) is 0 Å². The van der Waals surface area contributed by atoms with Crippen molar-refractivity contribution in [1.29, 1.82) is 0 Å². The fraction of sp³-hybridized carbons (Fsp3) is 0.667. The quantitative estimate of drug-likeness (QED) is 0.512. The van der Waals surface area contributed by atoms with Crippen molar-refractivity contribution >= 4 is 0 Å². The van der Waals surface area contributed by atoms with Gasteiger partial charge in [0.15, 0.2) is 0 Å². The molecule has 0 saturated heterocycles. The molecule has 4 unspecified atom stereocenters. The Balaban J connectivity index is 2.31. The van der Waals surface area contributed by atoms with Gasteiger partial charge in [0.05, 0.1) is 0 Å². The Bertz CT molecular complexity index is 234. The van der Waals surface area contributed by atoms with Gasteiger partial charge in [-0.3, -0.25) is 0 Å². The van der Waals surface area contributed by atoms with Gasteiger partial charge in [-0.1, -0.05) is 44.6 Å². The predicted molar refractivity (Wildman–Crippen MR) is 52.8 cm³/mol.